The molecule has 3 N–H and O–H groups in total. The smallest absolute Gasteiger partial charge is 0.261 e. The summed E-state index contributed by atoms with van der Waals surface area (Å²) in [5.41, 5.74) is 4.35. The molecule has 0 bridgehead atoms. The van der Waals surface area contributed by atoms with Crippen molar-refractivity contribution in [2.75, 3.05) is 120 Å². The van der Waals surface area contributed by atoms with Crippen LogP contribution in [0.5, 0.6) is 0 Å². The Morgan fingerprint density at radius 1 is 0.915 bits per heavy atom. The highest BCUT2D eigenvalue weighted by Gasteiger charge is 2.35. The number of morpholine rings is 1. The van der Waals surface area contributed by atoms with Crippen LogP contribution in [0.1, 0.15) is 103 Å². The molecule has 0 spiro atoms. The number of unbranched alkanes of at least 4 members (excludes halogenated alkanes) is 3. The molecule has 0 radical (unpaired) electrons. The number of amides is 6. The van der Waals surface area contributed by atoms with Gasteiger partial charge in [-0.2, -0.15) is 0 Å². The zero-order valence-electron chi connectivity index (χ0n) is 42.1. The summed E-state index contributed by atoms with van der Waals surface area (Å²) in [6, 6.07) is 13.7. The molecule has 6 amide bonds. The van der Waals surface area contributed by atoms with E-state index in [9.17, 15) is 24.0 Å². The summed E-state index contributed by atoms with van der Waals surface area (Å²) in [5, 5.41) is 7.58. The first-order chi connectivity index (χ1) is 34.5. The Balaban J connectivity index is 0.00000226. The maximum Gasteiger partial charge on any atom is 0.261 e. The van der Waals surface area contributed by atoms with E-state index in [4.69, 9.17) is 29.0 Å². The molecule has 2 unspecified atom stereocenters. The van der Waals surface area contributed by atoms with Crippen LogP contribution in [0, 0.1) is 18.8 Å². The molecular weight excluding hydrogens is 909 g/mol. The molecule has 3 saturated heterocycles. The molecule has 19 nitrogen and oxygen atoms in total. The number of carbonyl (C=O) groups excluding carboxylic acids is 6. The molecular formula is C52H72N10O9. The fourth-order valence-electron chi connectivity index (χ4n) is 8.37. The topological polar surface area (TPSA) is 208 Å². The van der Waals surface area contributed by atoms with Crippen molar-refractivity contribution in [3.63, 3.8) is 0 Å². The van der Waals surface area contributed by atoms with Gasteiger partial charge in [0, 0.05) is 101 Å². The fourth-order valence-corrected chi connectivity index (χ4v) is 8.37. The molecule has 6 rings (SSSR count). The van der Waals surface area contributed by atoms with Crippen LogP contribution in [-0.4, -0.2) is 168 Å². The van der Waals surface area contributed by atoms with Gasteiger partial charge in [-0.1, -0.05) is 32.1 Å². The Morgan fingerprint density at radius 3 is 2.28 bits per heavy atom. The van der Waals surface area contributed by atoms with Crippen LogP contribution in [-0.2, 0) is 33.4 Å². The van der Waals surface area contributed by atoms with Crippen molar-refractivity contribution in [2.45, 2.75) is 78.3 Å². The van der Waals surface area contributed by atoms with Gasteiger partial charge in [0.05, 0.1) is 44.8 Å². The van der Waals surface area contributed by atoms with E-state index in [1.54, 1.807) is 13.1 Å². The largest absolute Gasteiger partial charge is 0.378 e. The second-order valence-electron chi connectivity index (χ2n) is 17.4. The van der Waals surface area contributed by atoms with E-state index in [0.29, 0.717) is 74.1 Å². The second-order valence-corrected chi connectivity index (χ2v) is 17.4. The Hall–Kier alpha value is -6.46. The Morgan fingerprint density at radius 2 is 1.62 bits per heavy atom. The van der Waals surface area contributed by atoms with Gasteiger partial charge in [0.25, 0.3) is 11.8 Å². The minimum absolute atomic E-state index is 0.0696. The monoisotopic (exact) mass is 981 g/mol. The van der Waals surface area contributed by atoms with Crippen LogP contribution in [0.2, 0.25) is 0 Å². The lowest BCUT2D eigenvalue weighted by molar-refractivity contribution is -0.139. The highest BCUT2D eigenvalue weighted by Crippen LogP contribution is 2.24. The first-order valence-electron chi connectivity index (χ1n) is 24.8. The Kier molecular flexibility index (Phi) is 23.2. The number of nitrogens with one attached hydrogen (secondary N) is 3. The van der Waals surface area contributed by atoms with Crippen LogP contribution in [0.25, 0.3) is 0 Å². The van der Waals surface area contributed by atoms with Gasteiger partial charge in [-0.05, 0) is 87.6 Å². The summed E-state index contributed by atoms with van der Waals surface area (Å²) in [6.07, 6.45) is 5.74. The molecule has 2 atom stereocenters. The number of piperidine rings is 1. The first-order valence-corrected chi connectivity index (χ1v) is 24.8. The van der Waals surface area contributed by atoms with E-state index in [1.807, 2.05) is 56.3 Å². The summed E-state index contributed by atoms with van der Waals surface area (Å²) in [6.45, 7) is 18.4. The summed E-state index contributed by atoms with van der Waals surface area (Å²) >= 11 is 0. The van der Waals surface area contributed by atoms with Crippen LogP contribution >= 0.6 is 0 Å². The minimum Gasteiger partial charge on any atom is -0.378 e. The SMILES string of the molecule is CCCCCCN(CC)c1cc(C(C)NC(=O)c2ccc(N3CCOCC3)cc2)nc(C#CCOCCOCCN2CCN(c3ccc(C(=O)N(C=O)C4CCC(=O)NC4=O)c(C)c3)CC2)n1.CNC=O. The van der Waals surface area contributed by atoms with Gasteiger partial charge in [-0.3, -0.25) is 43.9 Å². The third-order valence-electron chi connectivity index (χ3n) is 12.5. The highest BCUT2D eigenvalue weighted by molar-refractivity contribution is 6.07. The number of nitrogens with zero attached hydrogens (tertiary/aromatic N) is 7. The van der Waals surface area contributed by atoms with Gasteiger partial charge < -0.3 is 39.5 Å². The predicted molar refractivity (Wildman–Crippen MR) is 271 cm³/mol. The number of imide groups is 2. The van der Waals surface area contributed by atoms with E-state index in [0.717, 1.165) is 93.8 Å². The molecule has 3 aromatic rings. The van der Waals surface area contributed by atoms with Gasteiger partial charge in [0.2, 0.25) is 30.5 Å². The molecule has 4 heterocycles. The summed E-state index contributed by atoms with van der Waals surface area (Å²) in [4.78, 5) is 91.1. The third-order valence-corrected chi connectivity index (χ3v) is 12.5. The number of anilines is 3. The lowest BCUT2D eigenvalue weighted by Gasteiger charge is -2.36. The number of aryl methyl sites for hydroxylation is 1. The molecule has 3 aliphatic heterocycles. The number of benzene rings is 2. The van der Waals surface area contributed by atoms with E-state index in [1.165, 1.54) is 12.8 Å². The molecule has 0 saturated carbocycles. The highest BCUT2D eigenvalue weighted by atomic mass is 16.5. The summed E-state index contributed by atoms with van der Waals surface area (Å²) in [7, 11) is 1.56. The van der Waals surface area contributed by atoms with Crippen molar-refractivity contribution in [3.8, 4) is 11.8 Å². The zero-order chi connectivity index (χ0) is 51.0. The van der Waals surface area contributed by atoms with Gasteiger partial charge in [-0.25, -0.2) is 9.97 Å². The van der Waals surface area contributed by atoms with E-state index < -0.39 is 23.8 Å². The predicted octanol–water partition coefficient (Wildman–Crippen LogP) is 3.49. The first kappa shape index (κ1) is 55.5. The van der Waals surface area contributed by atoms with Crippen molar-refractivity contribution in [2.24, 2.45) is 0 Å². The molecule has 3 fully saturated rings. The molecule has 1 aromatic heterocycles. The Bertz CT molecular complexity index is 2270. The van der Waals surface area contributed by atoms with E-state index >= 15 is 0 Å². The average molecular weight is 981 g/mol. The maximum absolute atomic E-state index is 13.4. The number of carbonyl (C=O) groups is 6. The number of hydrogen-bond donors (Lipinski definition) is 3. The van der Waals surface area contributed by atoms with Crippen molar-refractivity contribution in [1.29, 1.82) is 0 Å². The molecule has 71 heavy (non-hydrogen) atoms. The van der Waals surface area contributed by atoms with Crippen LogP contribution in [0.15, 0.2) is 48.5 Å². The fraction of sp³-hybridized carbons (Fsp3) is 0.538. The molecule has 384 valence electrons. The number of aromatic nitrogens is 2. The van der Waals surface area contributed by atoms with Gasteiger partial charge in [0.1, 0.15) is 18.5 Å². The third kappa shape index (κ3) is 17.1. The summed E-state index contributed by atoms with van der Waals surface area (Å²) in [5.74, 6) is 5.54. The van der Waals surface area contributed by atoms with Crippen molar-refractivity contribution in [1.82, 2.24) is 35.7 Å². The van der Waals surface area contributed by atoms with Crippen LogP contribution in [0.4, 0.5) is 17.2 Å². The van der Waals surface area contributed by atoms with Gasteiger partial charge >= 0.3 is 0 Å². The maximum atomic E-state index is 13.4. The number of piperazine rings is 1. The van der Waals surface area contributed by atoms with Gasteiger partial charge in [0.15, 0.2) is 0 Å². The van der Waals surface area contributed by atoms with Gasteiger partial charge in [-0.15, -0.1) is 0 Å². The standard InChI is InChI=1S/C50H67N9O8.C2H5NO/c1-5-7-8-9-20-56(6-2)46-35-43(38(4)51-48(62)39-12-14-40(15-13-39)58-26-30-66-31-27-58)52-45(53-46)11-10-28-65-32-33-67-29-25-55-21-23-57(24-22-55)41-16-17-42(37(3)34-41)50(64)59(36-60)44-18-19-47(61)54-49(44)63;1-3-2-4/h12-17,34-36,38,44H,5-9,18-33H2,1-4H3,(H,51,62)(H,54,61,63);2H,1H3,(H,3,4). The lowest BCUT2D eigenvalue weighted by Crippen LogP contribution is -2.53. The zero-order valence-corrected chi connectivity index (χ0v) is 42.1. The van der Waals surface area contributed by atoms with Crippen molar-refractivity contribution in [3.05, 3.63) is 76.7 Å². The Labute approximate surface area is 418 Å². The minimum atomic E-state index is -1.01. The molecule has 0 aliphatic carbocycles. The molecule has 3 aliphatic rings. The van der Waals surface area contributed by atoms with E-state index in [-0.39, 0.29) is 31.4 Å². The second kappa shape index (κ2) is 29.7. The molecule has 2 aromatic carbocycles. The van der Waals surface area contributed by atoms with Crippen LogP contribution < -0.4 is 30.7 Å². The van der Waals surface area contributed by atoms with Crippen molar-refractivity contribution < 1.29 is 43.0 Å². The quantitative estimate of drug-likeness (QED) is 0.0538. The summed E-state index contributed by atoms with van der Waals surface area (Å²) < 4.78 is 17.1. The molecule has 19 heteroatoms. The number of ether oxygens (including phenoxy) is 3. The number of hydrogen-bond acceptors (Lipinski definition) is 15. The van der Waals surface area contributed by atoms with E-state index in [2.05, 4.69) is 61.2 Å². The van der Waals surface area contributed by atoms with Crippen LogP contribution in [0.3, 0.4) is 0 Å². The van der Waals surface area contributed by atoms with Crippen molar-refractivity contribution >= 4 is 53.6 Å². The number of rotatable bonds is 23. The lowest BCUT2D eigenvalue weighted by atomic mass is 10.0. The normalized spacial score (nSPS) is 16.3. The average Bonchev–Trinajstić information content (AvgIpc) is 3.39.